The molecule has 2 rings (SSSR count). The summed E-state index contributed by atoms with van der Waals surface area (Å²) in [6.07, 6.45) is 1.56. The maximum Gasteiger partial charge on any atom is 0.295 e. The molecule has 0 aliphatic rings. The van der Waals surface area contributed by atoms with Crippen molar-refractivity contribution in [3.05, 3.63) is 22.4 Å². The predicted molar refractivity (Wildman–Crippen MR) is 66.1 cm³/mol. The number of carbonyl (C=O) groups excluding carboxylic acids is 1. The van der Waals surface area contributed by atoms with E-state index in [4.69, 9.17) is 5.73 Å². The third kappa shape index (κ3) is 1.87. The van der Waals surface area contributed by atoms with E-state index in [1.807, 2.05) is 13.8 Å². The van der Waals surface area contributed by atoms with Gasteiger partial charge in [-0.3, -0.25) is 9.59 Å². The van der Waals surface area contributed by atoms with E-state index in [2.05, 4.69) is 10.1 Å². The first kappa shape index (κ1) is 12.3. The molecule has 0 spiro atoms. The normalized spacial score (nSPS) is 11.3. The number of imidazole rings is 1. The van der Waals surface area contributed by atoms with Crippen molar-refractivity contribution in [2.45, 2.75) is 26.3 Å². The molecule has 0 saturated carbocycles. The molecule has 0 bridgehead atoms. The van der Waals surface area contributed by atoms with Gasteiger partial charge in [0.1, 0.15) is 6.54 Å². The summed E-state index contributed by atoms with van der Waals surface area (Å²) < 4.78 is 2.83. The van der Waals surface area contributed by atoms with E-state index in [1.165, 1.54) is 0 Å². The molecule has 0 aromatic carbocycles. The highest BCUT2D eigenvalue weighted by Crippen LogP contribution is 2.19. The highest BCUT2D eigenvalue weighted by Gasteiger charge is 2.17. The van der Waals surface area contributed by atoms with Crippen LogP contribution in [0.5, 0.6) is 0 Å². The van der Waals surface area contributed by atoms with Crippen LogP contribution in [0.4, 0.5) is 0 Å². The second-order valence-corrected chi connectivity index (χ2v) is 4.52. The first-order valence-electron chi connectivity index (χ1n) is 5.62. The fourth-order valence-corrected chi connectivity index (χ4v) is 1.88. The summed E-state index contributed by atoms with van der Waals surface area (Å²) in [6, 6.07) is 0. The van der Waals surface area contributed by atoms with E-state index in [0.717, 1.165) is 10.4 Å². The van der Waals surface area contributed by atoms with Gasteiger partial charge in [-0.1, -0.05) is 13.8 Å². The van der Waals surface area contributed by atoms with Crippen molar-refractivity contribution < 1.29 is 4.79 Å². The summed E-state index contributed by atoms with van der Waals surface area (Å²) >= 11 is 0. The average molecular weight is 249 g/mol. The van der Waals surface area contributed by atoms with Gasteiger partial charge in [0.2, 0.25) is 5.91 Å². The second kappa shape index (κ2) is 4.25. The van der Waals surface area contributed by atoms with Gasteiger partial charge in [-0.15, -0.1) is 0 Å². The number of nitrogens with two attached hydrogens (primary N) is 1. The molecule has 2 N–H and O–H groups in total. The van der Waals surface area contributed by atoms with Crippen LogP contribution in [0.1, 0.15) is 25.5 Å². The molecule has 0 aliphatic carbocycles. The molecule has 7 nitrogen and oxygen atoms in total. The number of nitrogens with zero attached hydrogens (tertiary/aromatic N) is 4. The van der Waals surface area contributed by atoms with Gasteiger partial charge in [0, 0.05) is 7.05 Å². The van der Waals surface area contributed by atoms with Crippen LogP contribution in [0.15, 0.2) is 11.1 Å². The van der Waals surface area contributed by atoms with E-state index >= 15 is 0 Å². The Morgan fingerprint density at radius 1 is 1.50 bits per heavy atom. The Morgan fingerprint density at radius 3 is 2.72 bits per heavy atom. The Labute approximate surface area is 103 Å². The van der Waals surface area contributed by atoms with Crippen molar-refractivity contribution >= 4 is 16.9 Å². The van der Waals surface area contributed by atoms with Crippen LogP contribution in [0.3, 0.4) is 0 Å². The Kier molecular flexibility index (Phi) is 2.90. The zero-order valence-electron chi connectivity index (χ0n) is 10.5. The van der Waals surface area contributed by atoms with Gasteiger partial charge in [-0.25, -0.2) is 9.67 Å². The first-order chi connectivity index (χ1) is 8.41. The summed E-state index contributed by atoms with van der Waals surface area (Å²) in [7, 11) is 1.81. The number of hydrogen-bond donors (Lipinski definition) is 1. The van der Waals surface area contributed by atoms with Gasteiger partial charge in [0.25, 0.3) is 5.56 Å². The van der Waals surface area contributed by atoms with Crippen LogP contribution in [-0.2, 0) is 18.4 Å². The largest absolute Gasteiger partial charge is 0.368 e. The van der Waals surface area contributed by atoms with E-state index in [1.54, 1.807) is 17.9 Å². The molecule has 2 aromatic heterocycles. The Hall–Kier alpha value is -2.18. The third-order valence-electron chi connectivity index (χ3n) is 2.70. The zero-order chi connectivity index (χ0) is 13.4. The van der Waals surface area contributed by atoms with Gasteiger partial charge in [-0.2, -0.15) is 5.10 Å². The van der Waals surface area contributed by atoms with Crippen molar-refractivity contribution in [3.63, 3.8) is 0 Å². The summed E-state index contributed by atoms with van der Waals surface area (Å²) in [5.74, 6) is -0.489. The number of amides is 1. The molecule has 0 unspecified atom stereocenters. The quantitative estimate of drug-likeness (QED) is 0.810. The van der Waals surface area contributed by atoms with Crippen LogP contribution < -0.4 is 11.3 Å². The lowest BCUT2D eigenvalue weighted by Gasteiger charge is -2.10. The van der Waals surface area contributed by atoms with Crippen LogP contribution in [-0.4, -0.2) is 25.2 Å². The number of hydrogen-bond acceptors (Lipinski definition) is 4. The van der Waals surface area contributed by atoms with Gasteiger partial charge in [-0.05, 0) is 5.92 Å². The number of aromatic nitrogens is 4. The minimum Gasteiger partial charge on any atom is -0.368 e. The molecule has 0 fully saturated rings. The average Bonchev–Trinajstić information content (AvgIpc) is 2.64. The molecule has 0 radical (unpaired) electrons. The molecule has 96 valence electrons. The molecule has 1 amide bonds. The maximum absolute atomic E-state index is 12.1. The molecular weight excluding hydrogens is 234 g/mol. The molecule has 0 aliphatic heterocycles. The molecular formula is C11H15N5O2. The van der Waals surface area contributed by atoms with Gasteiger partial charge in [0.15, 0.2) is 5.52 Å². The zero-order valence-corrected chi connectivity index (χ0v) is 10.5. The lowest BCUT2D eigenvalue weighted by Crippen LogP contribution is -2.31. The summed E-state index contributed by atoms with van der Waals surface area (Å²) in [4.78, 5) is 27.1. The molecule has 2 aromatic rings. The second-order valence-electron chi connectivity index (χ2n) is 4.52. The van der Waals surface area contributed by atoms with E-state index in [9.17, 15) is 9.59 Å². The lowest BCUT2D eigenvalue weighted by atomic mass is 10.1. The Balaban J connectivity index is 2.80. The van der Waals surface area contributed by atoms with Crippen molar-refractivity contribution in [1.29, 1.82) is 0 Å². The molecule has 0 saturated heterocycles. The van der Waals surface area contributed by atoms with Crippen LogP contribution >= 0.6 is 0 Å². The third-order valence-corrected chi connectivity index (χ3v) is 2.70. The maximum atomic E-state index is 12.1. The first-order valence-corrected chi connectivity index (χ1v) is 5.62. The van der Waals surface area contributed by atoms with Crippen molar-refractivity contribution in [2.75, 3.05) is 0 Å². The fraction of sp³-hybridized carbons (Fsp3) is 0.455. The minimum absolute atomic E-state index is 0.114. The number of fused-ring (bicyclic) bond motifs is 1. The number of carbonyl (C=O) groups is 1. The molecule has 7 heteroatoms. The van der Waals surface area contributed by atoms with Crippen molar-refractivity contribution in [2.24, 2.45) is 12.8 Å². The Morgan fingerprint density at radius 2 is 2.17 bits per heavy atom. The monoisotopic (exact) mass is 249 g/mol. The standard InChI is InChI=1S/C11H15N5O2/c1-6(2)8-10-9(13-5-15(10)3)11(18)16(14-8)4-7(12)17/h5-6H,4H2,1-3H3,(H2,12,17). The smallest absolute Gasteiger partial charge is 0.295 e. The van der Waals surface area contributed by atoms with E-state index < -0.39 is 11.5 Å². The van der Waals surface area contributed by atoms with E-state index in [-0.39, 0.29) is 12.5 Å². The SMILES string of the molecule is CC(C)c1nn(CC(N)=O)c(=O)c2ncn(C)c12. The minimum atomic E-state index is -0.602. The highest BCUT2D eigenvalue weighted by molar-refractivity contribution is 5.78. The van der Waals surface area contributed by atoms with Crippen LogP contribution in [0.25, 0.3) is 11.0 Å². The van der Waals surface area contributed by atoms with Crippen LogP contribution in [0, 0.1) is 0 Å². The predicted octanol–water partition coefficient (Wildman–Crippen LogP) is -0.261. The summed E-state index contributed by atoms with van der Waals surface area (Å²) in [5, 5.41) is 4.22. The van der Waals surface area contributed by atoms with Gasteiger partial charge in [0.05, 0.1) is 17.5 Å². The van der Waals surface area contributed by atoms with Gasteiger partial charge < -0.3 is 10.3 Å². The van der Waals surface area contributed by atoms with Crippen LogP contribution in [0.2, 0.25) is 0 Å². The highest BCUT2D eigenvalue weighted by atomic mass is 16.2. The number of primary amides is 1. The summed E-state index contributed by atoms with van der Waals surface area (Å²) in [5.41, 5.74) is 6.46. The lowest BCUT2D eigenvalue weighted by molar-refractivity contribution is -0.118. The van der Waals surface area contributed by atoms with Gasteiger partial charge >= 0.3 is 0 Å². The van der Waals surface area contributed by atoms with E-state index in [0.29, 0.717) is 11.0 Å². The number of rotatable bonds is 3. The summed E-state index contributed by atoms with van der Waals surface area (Å²) in [6.45, 7) is 3.70. The number of aryl methyl sites for hydroxylation is 1. The Bertz CT molecular complexity index is 668. The van der Waals surface area contributed by atoms with Crippen molar-refractivity contribution in [3.8, 4) is 0 Å². The topological polar surface area (TPSA) is 95.8 Å². The van der Waals surface area contributed by atoms with Crippen molar-refractivity contribution in [1.82, 2.24) is 19.3 Å². The molecule has 18 heavy (non-hydrogen) atoms. The molecule has 2 heterocycles. The molecule has 0 atom stereocenters. The fourth-order valence-electron chi connectivity index (χ4n) is 1.88.